The Balaban J connectivity index is 1.44. The van der Waals surface area contributed by atoms with E-state index in [1.165, 1.54) is 4.90 Å². The second-order valence-corrected chi connectivity index (χ2v) is 9.34. The average Bonchev–Trinajstić information content (AvgIpc) is 3.16. The molecule has 1 N–H and O–H groups in total. The lowest BCUT2D eigenvalue weighted by molar-refractivity contribution is 0.131. The average molecular weight is 432 g/mol. The molecular weight excluding hydrogens is 402 g/mol. The molecule has 32 heavy (non-hydrogen) atoms. The largest absolute Gasteiger partial charge is 0.465 e. The number of imidazole rings is 1. The van der Waals surface area contributed by atoms with Crippen LogP contribution in [0.3, 0.4) is 0 Å². The molecule has 2 atom stereocenters. The number of nitriles is 1. The minimum Gasteiger partial charge on any atom is -0.465 e. The van der Waals surface area contributed by atoms with Gasteiger partial charge in [0.15, 0.2) is 0 Å². The maximum Gasteiger partial charge on any atom is 0.411 e. The molecule has 7 heteroatoms. The van der Waals surface area contributed by atoms with Gasteiger partial charge < -0.3 is 9.67 Å². The predicted octanol–water partition coefficient (Wildman–Crippen LogP) is 5.38. The number of carbonyl (C=O) groups is 1. The molecule has 0 aliphatic heterocycles. The number of hydrogen-bond donors (Lipinski definition) is 1. The third kappa shape index (κ3) is 4.75. The summed E-state index contributed by atoms with van der Waals surface area (Å²) in [6.07, 6.45) is 7.84. The maximum absolute atomic E-state index is 11.8. The Morgan fingerprint density at radius 2 is 2.19 bits per heavy atom. The van der Waals surface area contributed by atoms with Crippen molar-refractivity contribution in [2.45, 2.75) is 52.5 Å². The number of aryl methyl sites for hydroxylation is 1. The van der Waals surface area contributed by atoms with Crippen molar-refractivity contribution >= 4 is 22.8 Å². The van der Waals surface area contributed by atoms with Crippen molar-refractivity contribution in [3.8, 4) is 6.07 Å². The van der Waals surface area contributed by atoms with Crippen LogP contribution in [0.25, 0.3) is 11.0 Å². The molecule has 1 aliphatic carbocycles. The van der Waals surface area contributed by atoms with Gasteiger partial charge in [-0.1, -0.05) is 19.8 Å². The van der Waals surface area contributed by atoms with Crippen LogP contribution in [-0.2, 0) is 6.54 Å². The molecular formula is C25H29N5O2. The summed E-state index contributed by atoms with van der Waals surface area (Å²) >= 11 is 0. The molecule has 0 spiro atoms. The highest BCUT2D eigenvalue weighted by molar-refractivity contribution is 5.85. The van der Waals surface area contributed by atoms with Gasteiger partial charge in [-0.05, 0) is 67.9 Å². The van der Waals surface area contributed by atoms with Crippen LogP contribution in [-0.4, -0.2) is 32.3 Å². The number of amides is 1. The van der Waals surface area contributed by atoms with E-state index in [9.17, 15) is 15.2 Å². The molecule has 3 aromatic rings. The Bertz CT molecular complexity index is 1150. The van der Waals surface area contributed by atoms with Gasteiger partial charge in [0.1, 0.15) is 0 Å². The SMILES string of the molecule is Cc1ccc(N(CCC2CCC[C@](C)(Cn3cnc4ccc(C#N)cc43)C2)C(=O)O)cn1. The minimum atomic E-state index is -0.938. The first kappa shape index (κ1) is 21.8. The fourth-order valence-corrected chi connectivity index (χ4v) is 5.04. The number of hydrogen-bond acceptors (Lipinski definition) is 4. The van der Waals surface area contributed by atoms with Gasteiger partial charge in [-0.15, -0.1) is 0 Å². The summed E-state index contributed by atoms with van der Waals surface area (Å²) in [5, 5.41) is 18.9. The van der Waals surface area contributed by atoms with E-state index in [0.717, 1.165) is 55.4 Å². The zero-order valence-corrected chi connectivity index (χ0v) is 18.7. The highest BCUT2D eigenvalue weighted by atomic mass is 16.4. The van der Waals surface area contributed by atoms with Crippen LogP contribution in [0.15, 0.2) is 42.9 Å². The summed E-state index contributed by atoms with van der Waals surface area (Å²) < 4.78 is 2.17. The van der Waals surface area contributed by atoms with Gasteiger partial charge >= 0.3 is 6.09 Å². The predicted molar refractivity (Wildman–Crippen MR) is 123 cm³/mol. The third-order valence-corrected chi connectivity index (χ3v) is 6.68. The fraction of sp³-hybridized carbons (Fsp3) is 0.440. The first-order chi connectivity index (χ1) is 15.4. The van der Waals surface area contributed by atoms with Crippen LogP contribution in [0, 0.1) is 29.6 Å². The lowest BCUT2D eigenvalue weighted by atomic mass is 9.70. The standard InChI is InChI=1S/C25H29N5O2/c1-18-5-7-21(15-27-18)30(24(31)32)11-9-19-4-3-10-25(2,13-19)16-29-17-28-22-8-6-20(14-26)12-23(22)29/h5-8,12,15,17,19H,3-4,9-11,13,16H2,1-2H3,(H,31,32)/t19?,25-/m0/s1. The molecule has 2 heterocycles. The van der Waals surface area contributed by atoms with Gasteiger partial charge in [-0.25, -0.2) is 9.78 Å². The Morgan fingerprint density at radius 1 is 1.34 bits per heavy atom. The molecule has 1 aromatic carbocycles. The molecule has 0 radical (unpaired) electrons. The summed E-state index contributed by atoms with van der Waals surface area (Å²) in [5.74, 6) is 0.471. The molecule has 166 valence electrons. The highest BCUT2D eigenvalue weighted by Gasteiger charge is 2.33. The quantitative estimate of drug-likeness (QED) is 0.565. The van der Waals surface area contributed by atoms with E-state index in [4.69, 9.17) is 0 Å². The number of rotatable bonds is 6. The van der Waals surface area contributed by atoms with Crippen molar-refractivity contribution in [3.63, 3.8) is 0 Å². The van der Waals surface area contributed by atoms with Crippen LogP contribution < -0.4 is 4.90 Å². The van der Waals surface area contributed by atoms with E-state index in [0.29, 0.717) is 23.7 Å². The van der Waals surface area contributed by atoms with E-state index in [1.54, 1.807) is 12.3 Å². The number of aromatic nitrogens is 3. The molecule has 7 nitrogen and oxygen atoms in total. The van der Waals surface area contributed by atoms with Crippen LogP contribution in [0.2, 0.25) is 0 Å². The van der Waals surface area contributed by atoms with Crippen molar-refractivity contribution in [1.82, 2.24) is 14.5 Å². The first-order valence-electron chi connectivity index (χ1n) is 11.1. The topological polar surface area (TPSA) is 95.0 Å². The van der Waals surface area contributed by atoms with Crippen molar-refractivity contribution < 1.29 is 9.90 Å². The number of anilines is 1. The lowest BCUT2D eigenvalue weighted by Crippen LogP contribution is -2.34. The van der Waals surface area contributed by atoms with E-state index in [-0.39, 0.29) is 5.41 Å². The van der Waals surface area contributed by atoms with Crippen LogP contribution >= 0.6 is 0 Å². The number of fused-ring (bicyclic) bond motifs is 1. The number of benzene rings is 1. The Morgan fingerprint density at radius 3 is 2.91 bits per heavy atom. The van der Waals surface area contributed by atoms with Crippen LogP contribution in [0.5, 0.6) is 0 Å². The summed E-state index contributed by atoms with van der Waals surface area (Å²) in [7, 11) is 0. The van der Waals surface area contributed by atoms with Crippen molar-refractivity contribution in [3.05, 3.63) is 54.1 Å². The molecule has 1 fully saturated rings. The zero-order valence-electron chi connectivity index (χ0n) is 18.7. The van der Waals surface area contributed by atoms with Gasteiger partial charge in [-0.3, -0.25) is 9.88 Å². The van der Waals surface area contributed by atoms with Gasteiger partial charge in [0, 0.05) is 18.8 Å². The number of carboxylic acid groups (broad SMARTS) is 1. The first-order valence-corrected chi connectivity index (χ1v) is 11.1. The van der Waals surface area contributed by atoms with Gasteiger partial charge in [0.25, 0.3) is 0 Å². The molecule has 1 aliphatic rings. The van der Waals surface area contributed by atoms with Crippen molar-refractivity contribution in [2.75, 3.05) is 11.4 Å². The molecule has 0 saturated heterocycles. The Labute approximate surface area is 188 Å². The second-order valence-electron chi connectivity index (χ2n) is 9.34. The number of pyridine rings is 1. The van der Waals surface area contributed by atoms with E-state index in [2.05, 4.69) is 27.5 Å². The Kier molecular flexibility index (Phi) is 6.13. The lowest BCUT2D eigenvalue weighted by Gasteiger charge is -2.39. The highest BCUT2D eigenvalue weighted by Crippen LogP contribution is 2.42. The molecule has 1 unspecified atom stereocenters. The summed E-state index contributed by atoms with van der Waals surface area (Å²) in [6.45, 7) is 5.53. The van der Waals surface area contributed by atoms with Gasteiger partial charge in [0.05, 0.1) is 40.9 Å². The second kappa shape index (κ2) is 8.99. The van der Waals surface area contributed by atoms with E-state index < -0.39 is 6.09 Å². The molecule has 0 bridgehead atoms. The summed E-state index contributed by atoms with van der Waals surface area (Å²) in [5.41, 5.74) is 4.15. The van der Waals surface area contributed by atoms with Crippen molar-refractivity contribution in [1.29, 1.82) is 5.26 Å². The monoisotopic (exact) mass is 431 g/mol. The smallest absolute Gasteiger partial charge is 0.411 e. The maximum atomic E-state index is 11.8. The molecule has 1 saturated carbocycles. The van der Waals surface area contributed by atoms with Crippen LogP contribution in [0.4, 0.5) is 10.5 Å². The summed E-state index contributed by atoms with van der Waals surface area (Å²) in [4.78, 5) is 22.0. The van der Waals surface area contributed by atoms with Crippen LogP contribution in [0.1, 0.15) is 50.3 Å². The van der Waals surface area contributed by atoms with E-state index >= 15 is 0 Å². The van der Waals surface area contributed by atoms with Gasteiger partial charge in [-0.2, -0.15) is 5.26 Å². The summed E-state index contributed by atoms with van der Waals surface area (Å²) in [6, 6.07) is 11.5. The fourth-order valence-electron chi connectivity index (χ4n) is 5.04. The third-order valence-electron chi connectivity index (χ3n) is 6.68. The van der Waals surface area contributed by atoms with Crippen molar-refractivity contribution in [2.24, 2.45) is 11.3 Å². The molecule has 4 rings (SSSR count). The zero-order chi connectivity index (χ0) is 22.7. The normalized spacial score (nSPS) is 20.7. The number of nitrogens with zero attached hydrogens (tertiary/aromatic N) is 5. The van der Waals surface area contributed by atoms with Gasteiger partial charge in [0.2, 0.25) is 0 Å². The molecule has 2 aromatic heterocycles. The van der Waals surface area contributed by atoms with E-state index in [1.807, 2.05) is 37.5 Å². The molecule has 1 amide bonds. The Hall–Kier alpha value is -3.40. The minimum absolute atomic E-state index is 0.110.